The van der Waals surface area contributed by atoms with E-state index in [1.807, 2.05) is 0 Å². The second-order valence-electron chi connectivity index (χ2n) is 3.45. The number of benzene rings is 1. The molecule has 1 aromatic rings. The largest absolute Gasteiger partial charge is 0.468 e. The van der Waals surface area contributed by atoms with Crippen molar-refractivity contribution in [1.82, 2.24) is 0 Å². The van der Waals surface area contributed by atoms with Gasteiger partial charge in [-0.05, 0) is 23.9 Å². The summed E-state index contributed by atoms with van der Waals surface area (Å²) in [6, 6.07) is 12.1. The zero-order valence-corrected chi connectivity index (χ0v) is 11.9. The lowest BCUT2D eigenvalue weighted by atomic mass is 9.99. The zero-order valence-electron chi connectivity index (χ0n) is 8.49. The Bertz CT molecular complexity index is 226. The highest BCUT2D eigenvalue weighted by Gasteiger charge is 2.03. The highest BCUT2D eigenvalue weighted by atomic mass is 28.3. The van der Waals surface area contributed by atoms with E-state index < -0.39 is 0 Å². The van der Waals surface area contributed by atoms with Gasteiger partial charge >= 0.3 is 0 Å². The fourth-order valence-corrected chi connectivity index (χ4v) is 3.42. The molecule has 1 aromatic carbocycles. The molecule has 0 aliphatic rings. The van der Waals surface area contributed by atoms with Crippen LogP contribution in [0, 0.1) is 0 Å². The van der Waals surface area contributed by atoms with Crippen molar-refractivity contribution in [2.45, 2.75) is 25.3 Å². The molecule has 0 saturated heterocycles. The van der Waals surface area contributed by atoms with Crippen molar-refractivity contribution in [1.29, 1.82) is 0 Å². The first kappa shape index (κ1) is 10.7. The van der Waals surface area contributed by atoms with Crippen LogP contribution >= 0.6 is 0 Å². The molecule has 0 heterocycles. The lowest BCUT2D eigenvalue weighted by Gasteiger charge is -2.10. The van der Waals surface area contributed by atoms with E-state index in [0.717, 1.165) is 10.5 Å². The molecule has 3 heteroatoms. The van der Waals surface area contributed by atoms with E-state index in [1.165, 1.54) is 18.0 Å². The van der Waals surface area contributed by atoms with Gasteiger partial charge in [-0.1, -0.05) is 37.3 Å². The second kappa shape index (κ2) is 6.13. The molecule has 0 aliphatic carbocycles. The maximum Gasteiger partial charge on any atom is 0.145 e. The molecule has 0 aromatic heterocycles. The Morgan fingerprint density at radius 3 is 2.69 bits per heavy atom. The first-order chi connectivity index (χ1) is 6.34. The van der Waals surface area contributed by atoms with Gasteiger partial charge in [0.2, 0.25) is 0 Å². The Morgan fingerprint density at radius 1 is 1.38 bits per heavy atom. The van der Waals surface area contributed by atoms with E-state index in [-0.39, 0.29) is 9.76 Å². The van der Waals surface area contributed by atoms with Crippen molar-refractivity contribution >= 4 is 20.2 Å². The van der Waals surface area contributed by atoms with Crippen LogP contribution in [-0.2, 0) is 4.12 Å². The predicted octanol–water partition coefficient (Wildman–Crippen LogP) is 0.979. The van der Waals surface area contributed by atoms with Crippen LogP contribution in [0.2, 0.25) is 6.04 Å². The quantitative estimate of drug-likeness (QED) is 0.520. The summed E-state index contributed by atoms with van der Waals surface area (Å²) < 4.78 is 5.31. The molecule has 72 valence electrons. The Labute approximate surface area is 86.0 Å². The van der Waals surface area contributed by atoms with E-state index in [2.05, 4.69) is 37.3 Å². The summed E-state index contributed by atoms with van der Waals surface area (Å²) in [5, 5.41) is 0. The van der Waals surface area contributed by atoms with Crippen LogP contribution in [0.4, 0.5) is 0 Å². The van der Waals surface area contributed by atoms with Crippen molar-refractivity contribution in [3.05, 3.63) is 35.9 Å². The molecule has 0 bridgehead atoms. The molecule has 0 N–H and O–H groups in total. The lowest BCUT2D eigenvalue weighted by Crippen LogP contribution is -1.98. The first-order valence-electron chi connectivity index (χ1n) is 4.88. The number of hydrogen-bond acceptors (Lipinski definition) is 1. The molecular formula is C10H18OSi2. The molecule has 0 amide bonds. The maximum atomic E-state index is 5.31. The number of hydrogen-bond donors (Lipinski definition) is 0. The van der Waals surface area contributed by atoms with E-state index in [0.29, 0.717) is 5.92 Å². The fourth-order valence-electron chi connectivity index (χ4n) is 1.48. The zero-order chi connectivity index (χ0) is 9.52. The Balaban J connectivity index is 2.35. The van der Waals surface area contributed by atoms with Gasteiger partial charge in [-0.2, -0.15) is 0 Å². The SMILES string of the molecule is CC(CC[SiH2]O[SiH3])c1ccccc1. The van der Waals surface area contributed by atoms with Gasteiger partial charge in [0.25, 0.3) is 0 Å². The molecule has 0 aliphatic heterocycles. The molecular weight excluding hydrogens is 192 g/mol. The summed E-state index contributed by atoms with van der Waals surface area (Å²) in [5.74, 6) is 0.700. The standard InChI is InChI=1S/C10H18OSi2/c1-9(7-8-13-11-12)10-5-3-2-4-6-10/h2-6,9H,7-8,13H2,1,12H3. The van der Waals surface area contributed by atoms with Gasteiger partial charge in [0.05, 0.1) is 0 Å². The number of rotatable bonds is 5. The van der Waals surface area contributed by atoms with Gasteiger partial charge < -0.3 is 4.12 Å². The van der Waals surface area contributed by atoms with Gasteiger partial charge in [-0.3, -0.25) is 0 Å². The maximum absolute atomic E-state index is 5.31. The molecule has 0 fully saturated rings. The van der Waals surface area contributed by atoms with Crippen LogP contribution in [0.25, 0.3) is 0 Å². The smallest absolute Gasteiger partial charge is 0.145 e. The van der Waals surface area contributed by atoms with E-state index in [1.54, 1.807) is 0 Å². The van der Waals surface area contributed by atoms with Gasteiger partial charge in [0.1, 0.15) is 20.2 Å². The topological polar surface area (TPSA) is 9.23 Å². The highest BCUT2D eigenvalue weighted by molar-refractivity contribution is 6.34. The Morgan fingerprint density at radius 2 is 2.08 bits per heavy atom. The molecule has 1 rings (SSSR count). The van der Waals surface area contributed by atoms with Crippen LogP contribution in [0.3, 0.4) is 0 Å². The highest BCUT2D eigenvalue weighted by Crippen LogP contribution is 2.19. The molecule has 13 heavy (non-hydrogen) atoms. The third kappa shape index (κ3) is 3.89. The predicted molar refractivity (Wildman–Crippen MR) is 63.8 cm³/mol. The van der Waals surface area contributed by atoms with Crippen molar-refractivity contribution in [3.63, 3.8) is 0 Å². The summed E-state index contributed by atoms with van der Waals surface area (Å²) in [4.78, 5) is 0. The minimum absolute atomic E-state index is 0.164. The Hall–Kier alpha value is -0.386. The third-order valence-electron chi connectivity index (χ3n) is 2.35. The average molecular weight is 210 g/mol. The summed E-state index contributed by atoms with van der Waals surface area (Å²) >= 11 is 0. The first-order valence-corrected chi connectivity index (χ1v) is 7.28. The minimum atomic E-state index is -0.164. The third-order valence-corrected chi connectivity index (χ3v) is 4.68. The van der Waals surface area contributed by atoms with Crippen LogP contribution in [0.15, 0.2) is 30.3 Å². The Kier molecular flexibility index (Phi) is 5.04. The average Bonchev–Trinajstić information content (AvgIpc) is 2.19. The molecule has 0 saturated carbocycles. The van der Waals surface area contributed by atoms with Crippen molar-refractivity contribution in [2.24, 2.45) is 0 Å². The molecule has 1 nitrogen and oxygen atoms in total. The summed E-state index contributed by atoms with van der Waals surface area (Å²) in [6.45, 7) is 2.30. The van der Waals surface area contributed by atoms with Crippen molar-refractivity contribution in [3.8, 4) is 0 Å². The summed E-state index contributed by atoms with van der Waals surface area (Å²) in [7, 11) is 0.767. The van der Waals surface area contributed by atoms with Gasteiger partial charge in [-0.15, -0.1) is 0 Å². The molecule has 0 radical (unpaired) electrons. The van der Waals surface area contributed by atoms with Gasteiger partial charge in [-0.25, -0.2) is 0 Å². The monoisotopic (exact) mass is 210 g/mol. The van der Waals surface area contributed by atoms with Crippen LogP contribution in [-0.4, -0.2) is 20.2 Å². The van der Waals surface area contributed by atoms with E-state index in [9.17, 15) is 0 Å². The normalized spacial score (nSPS) is 13.9. The van der Waals surface area contributed by atoms with Crippen molar-refractivity contribution < 1.29 is 4.12 Å². The van der Waals surface area contributed by atoms with Gasteiger partial charge in [0, 0.05) is 0 Å². The summed E-state index contributed by atoms with van der Waals surface area (Å²) in [5.41, 5.74) is 1.46. The van der Waals surface area contributed by atoms with Crippen molar-refractivity contribution in [2.75, 3.05) is 0 Å². The summed E-state index contributed by atoms with van der Waals surface area (Å²) in [6.07, 6.45) is 1.29. The fraction of sp³-hybridized carbons (Fsp3) is 0.400. The van der Waals surface area contributed by atoms with E-state index in [4.69, 9.17) is 4.12 Å². The van der Waals surface area contributed by atoms with Crippen LogP contribution in [0.1, 0.15) is 24.8 Å². The lowest BCUT2D eigenvalue weighted by molar-refractivity contribution is 0.638. The van der Waals surface area contributed by atoms with Crippen LogP contribution in [0.5, 0.6) is 0 Å². The molecule has 0 spiro atoms. The molecule has 1 unspecified atom stereocenters. The van der Waals surface area contributed by atoms with E-state index >= 15 is 0 Å². The molecule has 1 atom stereocenters. The van der Waals surface area contributed by atoms with Gasteiger partial charge in [0.15, 0.2) is 0 Å². The minimum Gasteiger partial charge on any atom is -0.468 e. The van der Waals surface area contributed by atoms with Crippen LogP contribution < -0.4 is 0 Å². The second-order valence-corrected chi connectivity index (χ2v) is 6.87.